The lowest BCUT2D eigenvalue weighted by Crippen LogP contribution is -2.41. The van der Waals surface area contributed by atoms with Gasteiger partial charge in [0.1, 0.15) is 11.3 Å². The molecule has 10 nitrogen and oxygen atoms in total. The summed E-state index contributed by atoms with van der Waals surface area (Å²) in [5.41, 5.74) is 3.99. The molecule has 0 radical (unpaired) electrons. The van der Waals surface area contributed by atoms with E-state index in [4.69, 9.17) is 10.00 Å². The Balaban J connectivity index is 1.20. The maximum absolute atomic E-state index is 13.0. The number of thiazole rings is 1. The van der Waals surface area contributed by atoms with Crippen molar-refractivity contribution < 1.29 is 14.3 Å². The Bertz CT molecular complexity index is 1580. The van der Waals surface area contributed by atoms with E-state index in [1.165, 1.54) is 11.3 Å². The van der Waals surface area contributed by atoms with Gasteiger partial charge in [0.2, 0.25) is 0 Å². The summed E-state index contributed by atoms with van der Waals surface area (Å²) < 4.78 is 7.08. The van der Waals surface area contributed by atoms with Crippen molar-refractivity contribution >= 4 is 28.5 Å². The fourth-order valence-corrected chi connectivity index (χ4v) is 5.50. The molecule has 2 aromatic heterocycles. The summed E-state index contributed by atoms with van der Waals surface area (Å²) in [6.07, 6.45) is 3.55. The highest BCUT2D eigenvalue weighted by Crippen LogP contribution is 2.30. The van der Waals surface area contributed by atoms with Gasteiger partial charge in [0, 0.05) is 28.5 Å². The molecule has 40 heavy (non-hydrogen) atoms. The molecule has 2 heterocycles. The van der Waals surface area contributed by atoms with Crippen molar-refractivity contribution in [2.24, 2.45) is 0 Å². The molecule has 1 aliphatic rings. The molecule has 2 N–H and O–H groups in total. The lowest BCUT2D eigenvalue weighted by Gasteiger charge is -2.25. The average Bonchev–Trinajstić information content (AvgIpc) is 3.54. The molecule has 0 spiro atoms. The van der Waals surface area contributed by atoms with Crippen LogP contribution in [0.2, 0.25) is 0 Å². The summed E-state index contributed by atoms with van der Waals surface area (Å²) in [6, 6.07) is 16.6. The Morgan fingerprint density at radius 3 is 2.75 bits per heavy atom. The van der Waals surface area contributed by atoms with Gasteiger partial charge in [-0.15, -0.1) is 16.4 Å². The lowest BCUT2D eigenvalue weighted by atomic mass is 9.98. The van der Waals surface area contributed by atoms with Gasteiger partial charge >= 0.3 is 6.09 Å². The second-order valence-corrected chi connectivity index (χ2v) is 11.7. The van der Waals surface area contributed by atoms with E-state index in [9.17, 15) is 9.59 Å². The van der Waals surface area contributed by atoms with Crippen molar-refractivity contribution in [2.45, 2.75) is 58.2 Å². The number of rotatable bonds is 6. The number of nitrogens with one attached hydrogen (secondary N) is 2. The van der Waals surface area contributed by atoms with E-state index in [1.54, 1.807) is 22.9 Å². The summed E-state index contributed by atoms with van der Waals surface area (Å²) in [4.78, 5) is 30.9. The standard InChI is InChI=1S/C29H29N7O3S/c1-29(2,3)39-28(38)31-22-11-12-23-25(14-22)40-27(32-23)33-26(37)21-6-4-5-19(13-21)16-36-17-24(34-35-36)20-9-7-18(15-30)8-10-20/h4-10,13,17,22H,11-12,14,16H2,1-3H3,(H,31,38)(H,32,33,37). The van der Waals surface area contributed by atoms with Gasteiger partial charge < -0.3 is 10.1 Å². The first-order valence-electron chi connectivity index (χ1n) is 12.9. The van der Waals surface area contributed by atoms with Crippen LogP contribution in [0.25, 0.3) is 11.3 Å². The fraction of sp³-hybridized carbons (Fsp3) is 0.310. The number of hydrogen-bond donors (Lipinski definition) is 2. The summed E-state index contributed by atoms with van der Waals surface area (Å²) in [5, 5.41) is 23.8. The van der Waals surface area contributed by atoms with Crippen molar-refractivity contribution in [1.82, 2.24) is 25.3 Å². The number of aryl methyl sites for hydroxylation is 1. The van der Waals surface area contributed by atoms with Gasteiger partial charge in [0.15, 0.2) is 5.13 Å². The highest BCUT2D eigenvalue weighted by atomic mass is 32.1. The zero-order valence-electron chi connectivity index (χ0n) is 22.5. The molecule has 11 heteroatoms. The second-order valence-electron chi connectivity index (χ2n) is 10.6. The number of carbonyl (C=O) groups is 2. The normalized spacial score (nSPS) is 14.6. The third kappa shape index (κ3) is 6.71. The molecule has 5 rings (SSSR count). The third-order valence-corrected chi connectivity index (χ3v) is 7.30. The molecule has 2 amide bonds. The van der Waals surface area contributed by atoms with Crippen molar-refractivity contribution in [3.05, 3.63) is 82.0 Å². The number of ether oxygens (including phenoxy) is 1. The Labute approximate surface area is 236 Å². The zero-order valence-corrected chi connectivity index (χ0v) is 23.3. The van der Waals surface area contributed by atoms with Crippen LogP contribution >= 0.6 is 11.3 Å². The highest BCUT2D eigenvalue weighted by molar-refractivity contribution is 7.15. The summed E-state index contributed by atoms with van der Waals surface area (Å²) in [5.74, 6) is -0.242. The van der Waals surface area contributed by atoms with Gasteiger partial charge in [-0.3, -0.25) is 10.1 Å². The molecule has 1 aliphatic carbocycles. The number of hydrogen-bond acceptors (Lipinski definition) is 8. The van der Waals surface area contributed by atoms with Crippen LogP contribution in [-0.4, -0.2) is 43.6 Å². The van der Waals surface area contributed by atoms with Gasteiger partial charge in [-0.2, -0.15) is 5.26 Å². The van der Waals surface area contributed by atoms with E-state index < -0.39 is 11.7 Å². The van der Waals surface area contributed by atoms with Crippen molar-refractivity contribution in [2.75, 3.05) is 5.32 Å². The van der Waals surface area contributed by atoms with E-state index in [2.05, 4.69) is 32.0 Å². The van der Waals surface area contributed by atoms with E-state index in [0.717, 1.165) is 34.5 Å². The number of nitriles is 1. The van der Waals surface area contributed by atoms with Gasteiger partial charge in [-0.1, -0.05) is 29.5 Å². The van der Waals surface area contributed by atoms with Crippen LogP contribution in [0, 0.1) is 11.3 Å². The molecule has 0 saturated heterocycles. The molecule has 1 atom stereocenters. The summed E-state index contributed by atoms with van der Waals surface area (Å²) in [7, 11) is 0. The SMILES string of the molecule is CC(C)(C)OC(=O)NC1CCc2nc(NC(=O)c3cccc(Cn4cc(-c5ccc(C#N)cc5)nn4)c3)sc2C1. The van der Waals surface area contributed by atoms with Gasteiger partial charge in [0.25, 0.3) is 5.91 Å². The molecule has 204 valence electrons. The van der Waals surface area contributed by atoms with Crippen LogP contribution in [0.5, 0.6) is 0 Å². The first-order chi connectivity index (χ1) is 19.1. The maximum Gasteiger partial charge on any atom is 0.407 e. The summed E-state index contributed by atoms with van der Waals surface area (Å²) in [6.45, 7) is 5.96. The Morgan fingerprint density at radius 2 is 2.00 bits per heavy atom. The Hall–Kier alpha value is -4.56. The average molecular weight is 556 g/mol. The zero-order chi connectivity index (χ0) is 28.3. The molecule has 0 fully saturated rings. The smallest absolute Gasteiger partial charge is 0.407 e. The van der Waals surface area contributed by atoms with Crippen LogP contribution in [0.15, 0.2) is 54.7 Å². The fourth-order valence-electron chi connectivity index (χ4n) is 4.42. The van der Waals surface area contributed by atoms with E-state index in [0.29, 0.717) is 34.9 Å². The topological polar surface area (TPSA) is 135 Å². The van der Waals surface area contributed by atoms with E-state index in [-0.39, 0.29) is 11.9 Å². The number of aromatic nitrogens is 4. The number of alkyl carbamates (subject to hydrolysis) is 1. The number of anilines is 1. The van der Waals surface area contributed by atoms with Crippen LogP contribution in [0.1, 0.15) is 59.2 Å². The molecule has 2 aromatic carbocycles. The van der Waals surface area contributed by atoms with E-state index in [1.807, 2.05) is 57.3 Å². The van der Waals surface area contributed by atoms with Crippen molar-refractivity contribution in [3.63, 3.8) is 0 Å². The number of benzene rings is 2. The molecule has 0 bridgehead atoms. The minimum atomic E-state index is -0.548. The molecule has 4 aromatic rings. The lowest BCUT2D eigenvalue weighted by molar-refractivity contribution is 0.0500. The summed E-state index contributed by atoms with van der Waals surface area (Å²) >= 11 is 1.44. The van der Waals surface area contributed by atoms with Gasteiger partial charge in [-0.05, 0) is 63.4 Å². The molecular weight excluding hydrogens is 526 g/mol. The first-order valence-corrected chi connectivity index (χ1v) is 13.8. The van der Waals surface area contributed by atoms with Gasteiger partial charge in [0.05, 0.1) is 30.1 Å². The van der Waals surface area contributed by atoms with E-state index >= 15 is 0 Å². The molecular formula is C29H29N7O3S. The predicted molar refractivity (Wildman–Crippen MR) is 151 cm³/mol. The predicted octanol–water partition coefficient (Wildman–Crippen LogP) is 4.96. The monoisotopic (exact) mass is 555 g/mol. The van der Waals surface area contributed by atoms with Crippen LogP contribution < -0.4 is 10.6 Å². The van der Waals surface area contributed by atoms with Gasteiger partial charge in [-0.25, -0.2) is 14.5 Å². The van der Waals surface area contributed by atoms with Crippen LogP contribution in [0.4, 0.5) is 9.93 Å². The minimum Gasteiger partial charge on any atom is -0.444 e. The van der Waals surface area contributed by atoms with Crippen LogP contribution in [0.3, 0.4) is 0 Å². The quantitative estimate of drug-likeness (QED) is 0.343. The second kappa shape index (κ2) is 11.3. The molecule has 1 unspecified atom stereocenters. The number of fused-ring (bicyclic) bond motifs is 1. The third-order valence-electron chi connectivity index (χ3n) is 6.26. The number of carbonyl (C=O) groups excluding carboxylic acids is 2. The van der Waals surface area contributed by atoms with Crippen molar-refractivity contribution in [3.8, 4) is 17.3 Å². The maximum atomic E-state index is 13.0. The Morgan fingerprint density at radius 1 is 1.20 bits per heavy atom. The van der Waals surface area contributed by atoms with Crippen LogP contribution in [-0.2, 0) is 24.1 Å². The Kier molecular flexibility index (Phi) is 7.62. The van der Waals surface area contributed by atoms with Crippen molar-refractivity contribution in [1.29, 1.82) is 5.26 Å². The number of amides is 2. The minimum absolute atomic E-state index is 0.0303. The molecule has 0 saturated carbocycles. The highest BCUT2D eigenvalue weighted by Gasteiger charge is 2.26. The molecule has 0 aliphatic heterocycles. The first kappa shape index (κ1) is 27.0. The largest absolute Gasteiger partial charge is 0.444 e. The number of nitrogens with zero attached hydrogens (tertiary/aromatic N) is 5.